The Labute approximate surface area is 117 Å². The Bertz CT molecular complexity index is 379. The van der Waals surface area contributed by atoms with Gasteiger partial charge in [0.1, 0.15) is 5.75 Å². The van der Waals surface area contributed by atoms with Crippen molar-refractivity contribution in [1.82, 2.24) is 4.90 Å². The van der Waals surface area contributed by atoms with Crippen molar-refractivity contribution in [2.45, 2.75) is 39.3 Å². The zero-order chi connectivity index (χ0) is 14.4. The summed E-state index contributed by atoms with van der Waals surface area (Å²) in [5.74, 6) is 1.23. The molecule has 0 bridgehead atoms. The van der Waals surface area contributed by atoms with Gasteiger partial charge in [0, 0.05) is 12.6 Å². The molecule has 1 aromatic rings. The van der Waals surface area contributed by atoms with Gasteiger partial charge in [-0.1, -0.05) is 32.0 Å². The Balaban J connectivity index is 2.61. The van der Waals surface area contributed by atoms with Crippen LogP contribution in [0.4, 0.5) is 0 Å². The first kappa shape index (κ1) is 16.0. The van der Waals surface area contributed by atoms with E-state index < -0.39 is 0 Å². The number of benzene rings is 1. The van der Waals surface area contributed by atoms with Crippen molar-refractivity contribution in [3.8, 4) is 5.75 Å². The zero-order valence-electron chi connectivity index (χ0n) is 12.8. The summed E-state index contributed by atoms with van der Waals surface area (Å²) in [6.45, 7) is 6.97. The Morgan fingerprint density at radius 3 is 2.42 bits per heavy atom. The van der Waals surface area contributed by atoms with E-state index in [0.717, 1.165) is 12.2 Å². The van der Waals surface area contributed by atoms with E-state index in [9.17, 15) is 5.11 Å². The summed E-state index contributed by atoms with van der Waals surface area (Å²) in [7, 11) is 3.77. The average Bonchev–Trinajstić information content (AvgIpc) is 2.38. The Hall–Kier alpha value is -1.06. The fourth-order valence-corrected chi connectivity index (χ4v) is 2.03. The molecule has 19 heavy (non-hydrogen) atoms. The van der Waals surface area contributed by atoms with Crippen LogP contribution in [0.3, 0.4) is 0 Å². The molecule has 0 aromatic heterocycles. The van der Waals surface area contributed by atoms with Crippen LogP contribution in [0.15, 0.2) is 24.3 Å². The number of hydrogen-bond acceptors (Lipinski definition) is 3. The molecule has 108 valence electrons. The number of nitrogens with zero attached hydrogens (tertiary/aromatic N) is 1. The minimum absolute atomic E-state index is 0.273. The van der Waals surface area contributed by atoms with Crippen LogP contribution >= 0.6 is 0 Å². The fourth-order valence-electron chi connectivity index (χ4n) is 2.03. The number of likely N-dealkylation sites (N-methyl/N-ethyl adjacent to an activating group) is 1. The van der Waals surface area contributed by atoms with Crippen LogP contribution < -0.4 is 4.74 Å². The Morgan fingerprint density at radius 1 is 1.21 bits per heavy atom. The van der Waals surface area contributed by atoms with Crippen LogP contribution in [0, 0.1) is 5.92 Å². The third kappa shape index (κ3) is 4.84. The number of methoxy groups -OCH3 is 1. The third-order valence-electron chi connectivity index (χ3n) is 3.70. The van der Waals surface area contributed by atoms with Crippen LogP contribution in [-0.4, -0.2) is 42.9 Å². The molecule has 0 aliphatic carbocycles. The predicted molar refractivity (Wildman–Crippen MR) is 79.6 cm³/mol. The molecule has 0 spiro atoms. The minimum atomic E-state index is -0.273. The van der Waals surface area contributed by atoms with Crippen LogP contribution in [0.5, 0.6) is 5.75 Å². The van der Waals surface area contributed by atoms with Gasteiger partial charge in [-0.15, -0.1) is 0 Å². The van der Waals surface area contributed by atoms with Gasteiger partial charge in [0.05, 0.1) is 13.2 Å². The summed E-state index contributed by atoms with van der Waals surface area (Å²) in [4.78, 5) is 2.21. The molecule has 0 saturated heterocycles. The quantitative estimate of drug-likeness (QED) is 0.822. The maximum absolute atomic E-state index is 9.95. The molecular formula is C16H27NO2. The first-order valence-corrected chi connectivity index (χ1v) is 6.95. The molecule has 0 radical (unpaired) electrons. The molecule has 0 aliphatic heterocycles. The summed E-state index contributed by atoms with van der Waals surface area (Å²) in [5, 5.41) is 9.95. The van der Waals surface area contributed by atoms with E-state index >= 15 is 0 Å². The number of hydrogen-bond donors (Lipinski definition) is 1. The van der Waals surface area contributed by atoms with Gasteiger partial charge in [0.25, 0.3) is 0 Å². The van der Waals surface area contributed by atoms with Gasteiger partial charge in [-0.25, -0.2) is 0 Å². The van der Waals surface area contributed by atoms with Gasteiger partial charge >= 0.3 is 0 Å². The number of aliphatic hydroxyl groups is 1. The highest BCUT2D eigenvalue weighted by Gasteiger charge is 2.17. The molecule has 0 fully saturated rings. The topological polar surface area (TPSA) is 32.7 Å². The number of para-hydroxylation sites is 1. The van der Waals surface area contributed by atoms with Gasteiger partial charge in [-0.05, 0) is 37.9 Å². The SMILES string of the molecule is COc1ccccc1CC(C)N(C)CC(O)C(C)C. The molecule has 0 saturated carbocycles. The zero-order valence-corrected chi connectivity index (χ0v) is 12.8. The molecule has 3 heteroatoms. The summed E-state index contributed by atoms with van der Waals surface area (Å²) in [5.41, 5.74) is 1.21. The summed E-state index contributed by atoms with van der Waals surface area (Å²) in [6, 6.07) is 8.48. The molecule has 2 atom stereocenters. The van der Waals surface area contributed by atoms with Gasteiger partial charge in [0.15, 0.2) is 0 Å². The van der Waals surface area contributed by atoms with E-state index in [-0.39, 0.29) is 6.10 Å². The second kappa shape index (κ2) is 7.51. The van der Waals surface area contributed by atoms with E-state index in [1.54, 1.807) is 7.11 Å². The smallest absolute Gasteiger partial charge is 0.122 e. The molecule has 3 nitrogen and oxygen atoms in total. The largest absolute Gasteiger partial charge is 0.496 e. The highest BCUT2D eigenvalue weighted by Crippen LogP contribution is 2.20. The monoisotopic (exact) mass is 265 g/mol. The lowest BCUT2D eigenvalue weighted by Crippen LogP contribution is -2.39. The van der Waals surface area contributed by atoms with Crippen LogP contribution in [0.2, 0.25) is 0 Å². The van der Waals surface area contributed by atoms with Crippen molar-refractivity contribution >= 4 is 0 Å². The van der Waals surface area contributed by atoms with Crippen molar-refractivity contribution in [2.24, 2.45) is 5.92 Å². The summed E-state index contributed by atoms with van der Waals surface area (Å²) < 4.78 is 5.38. The van der Waals surface area contributed by atoms with Crippen molar-refractivity contribution in [1.29, 1.82) is 0 Å². The molecule has 0 aliphatic rings. The standard InChI is InChI=1S/C16H27NO2/c1-12(2)15(18)11-17(4)13(3)10-14-8-6-7-9-16(14)19-5/h6-9,12-13,15,18H,10-11H2,1-5H3. The van der Waals surface area contributed by atoms with E-state index in [0.29, 0.717) is 18.5 Å². The van der Waals surface area contributed by atoms with Crippen molar-refractivity contribution < 1.29 is 9.84 Å². The molecule has 0 amide bonds. The molecule has 2 unspecified atom stereocenters. The third-order valence-corrected chi connectivity index (χ3v) is 3.70. The lowest BCUT2D eigenvalue weighted by Gasteiger charge is -2.28. The first-order valence-electron chi connectivity index (χ1n) is 6.95. The highest BCUT2D eigenvalue weighted by molar-refractivity contribution is 5.33. The summed E-state index contributed by atoms with van der Waals surface area (Å²) in [6.07, 6.45) is 0.649. The van der Waals surface area contributed by atoms with Gasteiger partial charge < -0.3 is 14.7 Å². The predicted octanol–water partition coefficient (Wildman–Crippen LogP) is 2.57. The molecule has 1 aromatic carbocycles. The molecule has 1 N–H and O–H groups in total. The second-order valence-corrected chi connectivity index (χ2v) is 5.62. The van der Waals surface area contributed by atoms with Crippen molar-refractivity contribution in [3.63, 3.8) is 0 Å². The first-order chi connectivity index (χ1) is 8.95. The summed E-state index contributed by atoms with van der Waals surface area (Å²) >= 11 is 0. The maximum atomic E-state index is 9.95. The minimum Gasteiger partial charge on any atom is -0.496 e. The van der Waals surface area contributed by atoms with E-state index in [1.807, 2.05) is 32.0 Å². The van der Waals surface area contributed by atoms with Crippen molar-refractivity contribution in [3.05, 3.63) is 29.8 Å². The van der Waals surface area contributed by atoms with Crippen molar-refractivity contribution in [2.75, 3.05) is 20.7 Å². The Morgan fingerprint density at radius 2 is 1.84 bits per heavy atom. The molecule has 0 heterocycles. The number of ether oxygens (including phenoxy) is 1. The molecular weight excluding hydrogens is 238 g/mol. The van der Waals surface area contributed by atoms with E-state index in [2.05, 4.69) is 24.9 Å². The number of aliphatic hydroxyl groups excluding tert-OH is 1. The van der Waals surface area contributed by atoms with Gasteiger partial charge in [-0.3, -0.25) is 0 Å². The normalized spacial score (nSPS) is 14.7. The average molecular weight is 265 g/mol. The van der Waals surface area contributed by atoms with Crippen LogP contribution in [0.25, 0.3) is 0 Å². The second-order valence-electron chi connectivity index (χ2n) is 5.62. The lowest BCUT2D eigenvalue weighted by molar-refractivity contribution is 0.0729. The lowest BCUT2D eigenvalue weighted by atomic mass is 10.0. The van der Waals surface area contributed by atoms with Crippen LogP contribution in [0.1, 0.15) is 26.3 Å². The Kier molecular flexibility index (Phi) is 6.32. The number of rotatable bonds is 7. The van der Waals surface area contributed by atoms with E-state index in [1.165, 1.54) is 5.56 Å². The van der Waals surface area contributed by atoms with Gasteiger partial charge in [0.2, 0.25) is 0 Å². The molecule has 1 rings (SSSR count). The van der Waals surface area contributed by atoms with Crippen LogP contribution in [-0.2, 0) is 6.42 Å². The fraction of sp³-hybridized carbons (Fsp3) is 0.625. The highest BCUT2D eigenvalue weighted by atomic mass is 16.5. The van der Waals surface area contributed by atoms with Gasteiger partial charge in [-0.2, -0.15) is 0 Å². The van der Waals surface area contributed by atoms with E-state index in [4.69, 9.17) is 4.74 Å². The maximum Gasteiger partial charge on any atom is 0.122 e.